The molecule has 5 nitrogen and oxygen atoms in total. The first-order valence-corrected chi connectivity index (χ1v) is 8.40. The molecule has 1 aliphatic rings. The highest BCUT2D eigenvalue weighted by atomic mass is 35.5. The van der Waals surface area contributed by atoms with Crippen molar-refractivity contribution in [1.82, 2.24) is 9.88 Å². The lowest BCUT2D eigenvalue weighted by Crippen LogP contribution is -2.38. The Hall–Kier alpha value is -2.37. The number of allylic oxidation sites excluding steroid dienone is 1. The second kappa shape index (κ2) is 7.68. The molecule has 0 saturated heterocycles. The van der Waals surface area contributed by atoms with Gasteiger partial charge in [0.25, 0.3) is 0 Å². The van der Waals surface area contributed by atoms with E-state index in [4.69, 9.17) is 16.3 Å². The highest BCUT2D eigenvalue weighted by Crippen LogP contribution is 2.35. The van der Waals surface area contributed by atoms with Crippen LogP contribution in [0.2, 0.25) is 5.02 Å². The van der Waals surface area contributed by atoms with Gasteiger partial charge in [0.05, 0.1) is 19.8 Å². The van der Waals surface area contributed by atoms with Gasteiger partial charge in [0, 0.05) is 34.8 Å². The Bertz CT molecular complexity index is 772. The van der Waals surface area contributed by atoms with Gasteiger partial charge in [-0.25, -0.2) is 4.98 Å². The molecule has 3 rings (SSSR count). The minimum Gasteiger partial charge on any atom is -0.481 e. The molecule has 2 atom stereocenters. The maximum Gasteiger partial charge on any atom is 0.212 e. The van der Waals surface area contributed by atoms with Crippen LogP contribution in [-0.2, 0) is 0 Å². The second-order valence-electron chi connectivity index (χ2n) is 5.80. The number of ether oxygens (including phenoxy) is 1. The third-order valence-electron chi connectivity index (χ3n) is 4.15. The number of methoxy groups -OCH3 is 1. The minimum absolute atomic E-state index is 0.0144. The number of aliphatic hydroxyl groups excluding tert-OH is 1. The van der Waals surface area contributed by atoms with Gasteiger partial charge < -0.3 is 14.7 Å². The van der Waals surface area contributed by atoms with Crippen LogP contribution in [0.15, 0.2) is 53.7 Å². The highest BCUT2D eigenvalue weighted by Gasteiger charge is 2.29. The molecular weight excluding hydrogens is 338 g/mol. The summed E-state index contributed by atoms with van der Waals surface area (Å²) in [5, 5.41) is 10.5. The van der Waals surface area contributed by atoms with Crippen LogP contribution in [0.25, 0.3) is 5.70 Å². The fraction of sp³-hybridized carbons (Fsp3) is 0.263. The van der Waals surface area contributed by atoms with E-state index in [1.807, 2.05) is 49.4 Å². The van der Waals surface area contributed by atoms with Gasteiger partial charge in [0.1, 0.15) is 6.17 Å². The molecule has 6 heteroatoms. The Labute approximate surface area is 152 Å². The van der Waals surface area contributed by atoms with Crippen molar-refractivity contribution in [3.63, 3.8) is 0 Å². The number of benzene rings is 1. The van der Waals surface area contributed by atoms with E-state index in [0.717, 1.165) is 16.8 Å². The number of halogens is 1. The molecule has 1 unspecified atom stereocenters. The monoisotopic (exact) mass is 357 g/mol. The van der Waals surface area contributed by atoms with Crippen molar-refractivity contribution in [2.45, 2.75) is 19.1 Å². The zero-order chi connectivity index (χ0) is 17.8. The standard InChI is InChI=1S/C19H20ClN3O2/c1-13(12-24)23-17(14-3-6-16(20)7-4-14)9-10-21-19(23)15-5-8-18(25-2)22-11-15/h3-11,13,19,24H,12H2,1-2H3/t13-,19?/m0/s1. The van der Waals surface area contributed by atoms with Gasteiger partial charge in [-0.1, -0.05) is 23.7 Å². The van der Waals surface area contributed by atoms with Crippen LogP contribution in [0, 0.1) is 0 Å². The summed E-state index contributed by atoms with van der Waals surface area (Å²) in [6.45, 7) is 1.98. The zero-order valence-electron chi connectivity index (χ0n) is 14.1. The molecule has 0 saturated carbocycles. The molecule has 1 N–H and O–H groups in total. The Morgan fingerprint density at radius 1 is 1.24 bits per heavy atom. The Balaban J connectivity index is 1.99. The first-order valence-electron chi connectivity index (χ1n) is 8.02. The number of nitrogens with zero attached hydrogens (tertiary/aromatic N) is 3. The van der Waals surface area contributed by atoms with E-state index in [9.17, 15) is 5.11 Å². The Morgan fingerprint density at radius 3 is 2.60 bits per heavy atom. The normalized spacial score (nSPS) is 18.0. The predicted octanol–water partition coefficient (Wildman–Crippen LogP) is 3.55. The van der Waals surface area contributed by atoms with E-state index in [1.165, 1.54) is 0 Å². The van der Waals surface area contributed by atoms with Crippen LogP contribution in [0.4, 0.5) is 0 Å². The number of hydrogen-bond donors (Lipinski definition) is 1. The topological polar surface area (TPSA) is 58.0 Å². The first kappa shape index (κ1) is 17.5. The average molecular weight is 358 g/mol. The van der Waals surface area contributed by atoms with Gasteiger partial charge in [-0.3, -0.25) is 4.99 Å². The predicted molar refractivity (Wildman–Crippen MR) is 99.8 cm³/mol. The van der Waals surface area contributed by atoms with Crippen LogP contribution in [0.5, 0.6) is 5.88 Å². The molecule has 130 valence electrons. The first-order chi connectivity index (χ1) is 12.1. The van der Waals surface area contributed by atoms with Gasteiger partial charge in [-0.05, 0) is 36.8 Å². The average Bonchev–Trinajstić information content (AvgIpc) is 2.67. The fourth-order valence-electron chi connectivity index (χ4n) is 2.83. The lowest BCUT2D eigenvalue weighted by atomic mass is 10.0. The molecule has 0 radical (unpaired) electrons. The third-order valence-corrected chi connectivity index (χ3v) is 4.40. The summed E-state index contributed by atoms with van der Waals surface area (Å²) in [7, 11) is 1.59. The summed E-state index contributed by atoms with van der Waals surface area (Å²) in [6, 6.07) is 11.3. The molecule has 1 aromatic carbocycles. The van der Waals surface area contributed by atoms with Crippen LogP contribution in [0.3, 0.4) is 0 Å². The van der Waals surface area contributed by atoms with Crippen LogP contribution in [-0.4, -0.2) is 41.0 Å². The molecule has 2 heterocycles. The van der Waals surface area contributed by atoms with Crippen LogP contribution >= 0.6 is 11.6 Å². The summed E-state index contributed by atoms with van der Waals surface area (Å²) >= 11 is 6.01. The molecule has 0 bridgehead atoms. The quantitative estimate of drug-likeness (QED) is 0.889. The maximum atomic E-state index is 9.77. The second-order valence-corrected chi connectivity index (χ2v) is 6.24. The third kappa shape index (κ3) is 3.67. The van der Waals surface area contributed by atoms with E-state index in [-0.39, 0.29) is 18.8 Å². The van der Waals surface area contributed by atoms with Gasteiger partial charge in [0.15, 0.2) is 0 Å². The van der Waals surface area contributed by atoms with E-state index in [2.05, 4.69) is 14.9 Å². The van der Waals surface area contributed by atoms with Gasteiger partial charge in [-0.15, -0.1) is 0 Å². The van der Waals surface area contributed by atoms with E-state index in [1.54, 1.807) is 19.5 Å². The number of hydrogen-bond acceptors (Lipinski definition) is 5. The van der Waals surface area contributed by atoms with E-state index < -0.39 is 0 Å². The molecular formula is C19H20ClN3O2. The summed E-state index contributed by atoms with van der Waals surface area (Å²) in [5.41, 5.74) is 2.92. The van der Waals surface area contributed by atoms with Crippen molar-refractivity contribution >= 4 is 23.5 Å². The molecule has 0 fully saturated rings. The minimum atomic E-state index is -0.267. The molecule has 1 aromatic heterocycles. The lowest BCUT2D eigenvalue weighted by molar-refractivity contribution is 0.151. The number of aliphatic imine (C=N–C) groups is 1. The summed E-state index contributed by atoms with van der Waals surface area (Å²) < 4.78 is 5.13. The van der Waals surface area contributed by atoms with Gasteiger partial charge in [0.2, 0.25) is 5.88 Å². The van der Waals surface area contributed by atoms with Crippen molar-refractivity contribution in [3.05, 3.63) is 64.8 Å². The number of aliphatic hydroxyl groups is 1. The summed E-state index contributed by atoms with van der Waals surface area (Å²) in [4.78, 5) is 11.0. The van der Waals surface area contributed by atoms with Crippen LogP contribution in [0.1, 0.15) is 24.2 Å². The van der Waals surface area contributed by atoms with Crippen molar-refractivity contribution in [2.75, 3.05) is 13.7 Å². The van der Waals surface area contributed by atoms with Crippen molar-refractivity contribution in [2.24, 2.45) is 4.99 Å². The Kier molecular flexibility index (Phi) is 5.36. The molecule has 25 heavy (non-hydrogen) atoms. The number of pyridine rings is 1. The molecule has 2 aromatic rings. The van der Waals surface area contributed by atoms with E-state index >= 15 is 0 Å². The highest BCUT2D eigenvalue weighted by molar-refractivity contribution is 6.30. The smallest absolute Gasteiger partial charge is 0.212 e. The van der Waals surface area contributed by atoms with Crippen molar-refractivity contribution < 1.29 is 9.84 Å². The summed E-state index contributed by atoms with van der Waals surface area (Å²) in [5.74, 6) is 0.554. The molecule has 0 amide bonds. The van der Waals surface area contributed by atoms with Gasteiger partial charge >= 0.3 is 0 Å². The van der Waals surface area contributed by atoms with Crippen molar-refractivity contribution in [3.8, 4) is 5.88 Å². The lowest BCUT2D eigenvalue weighted by Gasteiger charge is -2.39. The zero-order valence-corrected chi connectivity index (χ0v) is 14.9. The molecule has 0 spiro atoms. The summed E-state index contributed by atoms with van der Waals surface area (Å²) in [6.07, 6.45) is 5.22. The maximum absolute atomic E-state index is 9.77. The largest absolute Gasteiger partial charge is 0.481 e. The fourth-order valence-corrected chi connectivity index (χ4v) is 2.96. The number of aromatic nitrogens is 1. The van der Waals surface area contributed by atoms with E-state index in [0.29, 0.717) is 10.9 Å². The molecule has 1 aliphatic heterocycles. The van der Waals surface area contributed by atoms with Crippen molar-refractivity contribution in [1.29, 1.82) is 0 Å². The SMILES string of the molecule is COc1ccc(C2N=CC=C(c3ccc(Cl)cc3)N2[C@@H](C)CO)cn1. The van der Waals surface area contributed by atoms with Gasteiger partial charge in [-0.2, -0.15) is 0 Å². The van der Waals surface area contributed by atoms with Crippen LogP contribution < -0.4 is 4.74 Å². The Morgan fingerprint density at radius 2 is 2.00 bits per heavy atom. The number of rotatable bonds is 5. The molecule has 0 aliphatic carbocycles.